The second-order valence-corrected chi connectivity index (χ2v) is 6.99. The Morgan fingerprint density at radius 1 is 1.29 bits per heavy atom. The van der Waals surface area contributed by atoms with Crippen molar-refractivity contribution in [3.63, 3.8) is 0 Å². The normalized spacial score (nSPS) is 17.2. The Bertz CT molecular complexity index is 322. The molecule has 17 heavy (non-hydrogen) atoms. The topological polar surface area (TPSA) is 0 Å². The van der Waals surface area contributed by atoms with Crippen LogP contribution in [0, 0.1) is 5.41 Å². The van der Waals surface area contributed by atoms with E-state index in [4.69, 9.17) is 22.9 Å². The van der Waals surface area contributed by atoms with Crippen LogP contribution in [0.2, 0.25) is 0 Å². The second kappa shape index (κ2) is 6.34. The highest BCUT2D eigenvalue weighted by Crippen LogP contribution is 2.39. The highest BCUT2D eigenvalue weighted by atomic mass is 35.5. The summed E-state index contributed by atoms with van der Waals surface area (Å²) < 4.78 is 0. The SMILES string of the molecule is CCCCC1=C(B(Cl)Cl)CC(C(C)(C)C)=CC1. The van der Waals surface area contributed by atoms with Gasteiger partial charge in [0.2, 0.25) is 0 Å². The summed E-state index contributed by atoms with van der Waals surface area (Å²) in [5.41, 5.74) is 4.08. The summed E-state index contributed by atoms with van der Waals surface area (Å²) in [6.45, 7) is 8.99. The summed E-state index contributed by atoms with van der Waals surface area (Å²) in [5, 5.41) is 0. The molecule has 0 aromatic carbocycles. The van der Waals surface area contributed by atoms with Crippen molar-refractivity contribution >= 4 is 28.5 Å². The molecule has 1 rings (SSSR count). The Kier molecular flexibility index (Phi) is 5.66. The molecule has 3 heteroatoms. The number of rotatable bonds is 4. The Hall–Kier alpha value is 0.125. The lowest BCUT2D eigenvalue weighted by atomic mass is 9.71. The molecule has 1 aliphatic rings. The van der Waals surface area contributed by atoms with Gasteiger partial charge in [0.1, 0.15) is 0 Å². The first-order valence-electron chi connectivity index (χ1n) is 6.54. The van der Waals surface area contributed by atoms with Crippen LogP contribution in [0.4, 0.5) is 0 Å². The fraction of sp³-hybridized carbons (Fsp3) is 0.714. The highest BCUT2D eigenvalue weighted by molar-refractivity contribution is 7.37. The van der Waals surface area contributed by atoms with Gasteiger partial charge in [0.15, 0.2) is 0 Å². The number of halogens is 2. The van der Waals surface area contributed by atoms with E-state index in [2.05, 4.69) is 33.8 Å². The minimum atomic E-state index is -0.340. The van der Waals surface area contributed by atoms with E-state index in [1.165, 1.54) is 29.5 Å². The minimum Gasteiger partial charge on any atom is -0.165 e. The van der Waals surface area contributed by atoms with Crippen molar-refractivity contribution in [2.45, 2.75) is 59.8 Å². The van der Waals surface area contributed by atoms with Gasteiger partial charge >= 0.3 is 5.54 Å². The van der Waals surface area contributed by atoms with Crippen molar-refractivity contribution in [1.29, 1.82) is 0 Å². The van der Waals surface area contributed by atoms with Crippen LogP contribution < -0.4 is 0 Å². The van der Waals surface area contributed by atoms with Crippen LogP contribution in [-0.4, -0.2) is 5.54 Å². The third-order valence-electron chi connectivity index (χ3n) is 3.49. The summed E-state index contributed by atoms with van der Waals surface area (Å²) in [6, 6.07) is 0. The molecule has 96 valence electrons. The zero-order valence-electron chi connectivity index (χ0n) is 11.4. The third-order valence-corrected chi connectivity index (χ3v) is 4.02. The van der Waals surface area contributed by atoms with Gasteiger partial charge in [0.05, 0.1) is 0 Å². The predicted octanol–water partition coefficient (Wildman–Crippen LogP) is 5.74. The molecule has 0 atom stereocenters. The maximum atomic E-state index is 6.13. The van der Waals surface area contributed by atoms with Crippen LogP contribution in [0.15, 0.2) is 22.7 Å². The van der Waals surface area contributed by atoms with Gasteiger partial charge in [-0.1, -0.05) is 56.8 Å². The van der Waals surface area contributed by atoms with E-state index in [1.54, 1.807) is 0 Å². The molecule has 0 spiro atoms. The minimum absolute atomic E-state index is 0.226. The number of hydrogen-bond acceptors (Lipinski definition) is 0. The van der Waals surface area contributed by atoms with Gasteiger partial charge in [-0.2, -0.15) is 22.9 Å². The predicted molar refractivity (Wildman–Crippen MR) is 80.8 cm³/mol. The van der Waals surface area contributed by atoms with E-state index in [9.17, 15) is 0 Å². The number of hydrogen-bond donors (Lipinski definition) is 0. The molecule has 0 amide bonds. The van der Waals surface area contributed by atoms with Crippen molar-refractivity contribution in [3.8, 4) is 0 Å². The quantitative estimate of drug-likeness (QED) is 0.452. The van der Waals surface area contributed by atoms with E-state index in [-0.39, 0.29) is 11.0 Å². The lowest BCUT2D eigenvalue weighted by Gasteiger charge is -2.29. The van der Waals surface area contributed by atoms with Gasteiger partial charge in [0, 0.05) is 0 Å². The molecule has 0 bridgehead atoms. The van der Waals surface area contributed by atoms with E-state index in [1.807, 2.05) is 0 Å². The molecule has 0 aromatic heterocycles. The summed E-state index contributed by atoms with van der Waals surface area (Å²) in [4.78, 5) is 0. The van der Waals surface area contributed by atoms with Gasteiger partial charge in [-0.15, -0.1) is 0 Å². The Balaban J connectivity index is 2.83. The molecular weight excluding hydrogens is 250 g/mol. The third kappa shape index (κ3) is 4.37. The lowest BCUT2D eigenvalue weighted by Crippen LogP contribution is -2.17. The first kappa shape index (κ1) is 15.2. The van der Waals surface area contributed by atoms with E-state index in [0.717, 1.165) is 19.3 Å². The number of allylic oxidation sites excluding steroid dienone is 4. The lowest BCUT2D eigenvalue weighted by molar-refractivity contribution is 0.487. The molecule has 0 aliphatic heterocycles. The van der Waals surface area contributed by atoms with Crippen molar-refractivity contribution in [3.05, 3.63) is 22.7 Å². The highest BCUT2D eigenvalue weighted by Gasteiger charge is 2.26. The standard InChI is InChI=1S/C14H23BCl2/c1-5-6-7-11-8-9-12(14(2,3)4)10-13(11)15(16)17/h9H,5-8,10H2,1-4H3. The maximum Gasteiger partial charge on any atom is 0.379 e. The summed E-state index contributed by atoms with van der Waals surface area (Å²) >= 11 is 12.3. The van der Waals surface area contributed by atoms with Crippen molar-refractivity contribution in [2.24, 2.45) is 5.41 Å². The molecule has 0 saturated heterocycles. The van der Waals surface area contributed by atoms with Crippen LogP contribution in [0.1, 0.15) is 59.8 Å². The molecule has 0 unspecified atom stereocenters. The first-order chi connectivity index (χ1) is 7.86. The Labute approximate surface area is 116 Å². The summed E-state index contributed by atoms with van der Waals surface area (Å²) in [5.74, 6) is 0. The fourth-order valence-electron chi connectivity index (χ4n) is 2.24. The molecule has 0 aromatic rings. The second-order valence-electron chi connectivity index (χ2n) is 5.89. The first-order valence-corrected chi connectivity index (χ1v) is 7.42. The summed E-state index contributed by atoms with van der Waals surface area (Å²) in [7, 11) is 0. The van der Waals surface area contributed by atoms with Crippen LogP contribution in [-0.2, 0) is 0 Å². The molecule has 1 aliphatic carbocycles. The zero-order valence-corrected chi connectivity index (χ0v) is 13.0. The van der Waals surface area contributed by atoms with Crippen LogP contribution >= 0.6 is 22.9 Å². The van der Waals surface area contributed by atoms with Crippen molar-refractivity contribution < 1.29 is 0 Å². The molecule has 0 radical (unpaired) electrons. The molecular formula is C14H23BCl2. The average molecular weight is 273 g/mol. The Morgan fingerprint density at radius 3 is 2.41 bits per heavy atom. The molecule has 0 nitrogen and oxygen atoms in total. The molecule has 0 saturated carbocycles. The molecule has 0 N–H and O–H groups in total. The zero-order chi connectivity index (χ0) is 13.1. The Morgan fingerprint density at radius 2 is 1.94 bits per heavy atom. The van der Waals surface area contributed by atoms with Crippen LogP contribution in [0.25, 0.3) is 0 Å². The largest absolute Gasteiger partial charge is 0.379 e. The van der Waals surface area contributed by atoms with E-state index < -0.39 is 0 Å². The van der Waals surface area contributed by atoms with Gasteiger partial charge in [-0.3, -0.25) is 0 Å². The summed E-state index contributed by atoms with van der Waals surface area (Å²) in [6.07, 6.45) is 7.98. The van der Waals surface area contributed by atoms with Gasteiger partial charge < -0.3 is 0 Å². The number of unbranched alkanes of at least 4 members (excludes halogenated alkanes) is 1. The van der Waals surface area contributed by atoms with Crippen LogP contribution in [0.5, 0.6) is 0 Å². The van der Waals surface area contributed by atoms with E-state index in [0.29, 0.717) is 0 Å². The molecule has 0 fully saturated rings. The van der Waals surface area contributed by atoms with Gasteiger partial charge in [-0.05, 0) is 31.1 Å². The van der Waals surface area contributed by atoms with Crippen LogP contribution in [0.3, 0.4) is 0 Å². The maximum absolute atomic E-state index is 6.13. The monoisotopic (exact) mass is 272 g/mol. The van der Waals surface area contributed by atoms with E-state index >= 15 is 0 Å². The smallest absolute Gasteiger partial charge is 0.165 e. The van der Waals surface area contributed by atoms with Crippen molar-refractivity contribution in [1.82, 2.24) is 0 Å². The average Bonchev–Trinajstić information content (AvgIpc) is 2.24. The van der Waals surface area contributed by atoms with Gasteiger partial charge in [0.25, 0.3) is 0 Å². The van der Waals surface area contributed by atoms with Crippen molar-refractivity contribution in [2.75, 3.05) is 0 Å². The fourth-order valence-corrected chi connectivity index (χ4v) is 2.70. The van der Waals surface area contributed by atoms with Gasteiger partial charge in [-0.25, -0.2) is 0 Å². The molecule has 0 heterocycles.